The Hall–Kier alpha value is -2.51. The quantitative estimate of drug-likeness (QED) is 0.702. The SMILES string of the molecule is NC(=O)C[C@H](NC(=O)c1ccc(F)c(F)c1)C(=O)O. The molecule has 1 atom stereocenters. The summed E-state index contributed by atoms with van der Waals surface area (Å²) in [4.78, 5) is 33.0. The average Bonchev–Trinajstić information content (AvgIpc) is 2.31. The average molecular weight is 272 g/mol. The van der Waals surface area contributed by atoms with E-state index in [-0.39, 0.29) is 5.56 Å². The lowest BCUT2D eigenvalue weighted by Gasteiger charge is -2.12. The van der Waals surface area contributed by atoms with Gasteiger partial charge in [0.05, 0.1) is 6.42 Å². The molecule has 0 fully saturated rings. The monoisotopic (exact) mass is 272 g/mol. The Kier molecular flexibility index (Phi) is 4.51. The van der Waals surface area contributed by atoms with Crippen LogP contribution in [-0.2, 0) is 9.59 Å². The van der Waals surface area contributed by atoms with Gasteiger partial charge in [-0.15, -0.1) is 0 Å². The molecule has 1 aromatic rings. The van der Waals surface area contributed by atoms with Gasteiger partial charge in [0.2, 0.25) is 5.91 Å². The number of carboxylic acids is 1. The third-order valence-electron chi connectivity index (χ3n) is 2.19. The molecule has 19 heavy (non-hydrogen) atoms. The fourth-order valence-electron chi connectivity index (χ4n) is 1.28. The maximum absolute atomic E-state index is 12.9. The van der Waals surface area contributed by atoms with Gasteiger partial charge in [0.15, 0.2) is 11.6 Å². The van der Waals surface area contributed by atoms with Gasteiger partial charge in [-0.3, -0.25) is 9.59 Å². The van der Waals surface area contributed by atoms with Gasteiger partial charge in [-0.1, -0.05) is 0 Å². The van der Waals surface area contributed by atoms with Gasteiger partial charge in [-0.05, 0) is 18.2 Å². The van der Waals surface area contributed by atoms with Gasteiger partial charge in [0, 0.05) is 5.56 Å². The minimum absolute atomic E-state index is 0.269. The molecule has 0 saturated heterocycles. The van der Waals surface area contributed by atoms with Crippen LogP contribution in [0, 0.1) is 11.6 Å². The summed E-state index contributed by atoms with van der Waals surface area (Å²) in [5, 5.41) is 10.7. The molecule has 0 aliphatic rings. The number of carbonyl (C=O) groups excluding carboxylic acids is 2. The van der Waals surface area contributed by atoms with Gasteiger partial charge in [-0.25, -0.2) is 13.6 Å². The first-order valence-electron chi connectivity index (χ1n) is 5.08. The van der Waals surface area contributed by atoms with Crippen LogP contribution < -0.4 is 11.1 Å². The maximum Gasteiger partial charge on any atom is 0.326 e. The van der Waals surface area contributed by atoms with E-state index in [0.29, 0.717) is 6.07 Å². The van der Waals surface area contributed by atoms with E-state index < -0.39 is 41.9 Å². The highest BCUT2D eigenvalue weighted by Crippen LogP contribution is 2.09. The molecule has 0 radical (unpaired) electrons. The predicted octanol–water partition coefficient (Wildman–Crippen LogP) is 0.0232. The van der Waals surface area contributed by atoms with Crippen LogP contribution in [0.15, 0.2) is 18.2 Å². The lowest BCUT2D eigenvalue weighted by atomic mass is 10.1. The zero-order valence-corrected chi connectivity index (χ0v) is 9.52. The number of carboxylic acid groups (broad SMARTS) is 1. The minimum Gasteiger partial charge on any atom is -0.480 e. The van der Waals surface area contributed by atoms with Gasteiger partial charge in [0.25, 0.3) is 5.91 Å². The molecule has 0 bridgehead atoms. The van der Waals surface area contributed by atoms with Crippen molar-refractivity contribution in [1.82, 2.24) is 5.32 Å². The van der Waals surface area contributed by atoms with Crippen LogP contribution in [0.25, 0.3) is 0 Å². The Morgan fingerprint density at radius 3 is 2.37 bits per heavy atom. The summed E-state index contributed by atoms with van der Waals surface area (Å²) in [5.74, 6) is -5.71. The molecule has 6 nitrogen and oxygen atoms in total. The second-order valence-corrected chi connectivity index (χ2v) is 3.66. The van der Waals surface area contributed by atoms with Crippen molar-refractivity contribution in [3.63, 3.8) is 0 Å². The van der Waals surface area contributed by atoms with Crippen molar-refractivity contribution in [2.24, 2.45) is 5.73 Å². The first-order valence-corrected chi connectivity index (χ1v) is 5.08. The van der Waals surface area contributed by atoms with Crippen molar-refractivity contribution >= 4 is 17.8 Å². The Morgan fingerprint density at radius 1 is 1.26 bits per heavy atom. The Labute approximate surface area is 106 Å². The highest BCUT2D eigenvalue weighted by atomic mass is 19.2. The zero-order chi connectivity index (χ0) is 14.6. The number of aliphatic carboxylic acids is 1. The molecule has 102 valence electrons. The zero-order valence-electron chi connectivity index (χ0n) is 9.52. The fraction of sp³-hybridized carbons (Fsp3) is 0.182. The number of halogens is 2. The number of hydrogen-bond acceptors (Lipinski definition) is 3. The summed E-state index contributed by atoms with van der Waals surface area (Å²) < 4.78 is 25.6. The van der Waals surface area contributed by atoms with Crippen LogP contribution in [0.2, 0.25) is 0 Å². The van der Waals surface area contributed by atoms with Gasteiger partial charge in [-0.2, -0.15) is 0 Å². The van der Waals surface area contributed by atoms with E-state index in [1.165, 1.54) is 0 Å². The number of amides is 2. The normalized spacial score (nSPS) is 11.7. The summed E-state index contributed by atoms with van der Waals surface area (Å²) in [6.45, 7) is 0. The lowest BCUT2D eigenvalue weighted by molar-refractivity contribution is -0.140. The number of primary amides is 1. The van der Waals surface area contributed by atoms with Crippen molar-refractivity contribution in [1.29, 1.82) is 0 Å². The largest absolute Gasteiger partial charge is 0.480 e. The van der Waals surface area contributed by atoms with Crippen LogP contribution in [0.5, 0.6) is 0 Å². The Bertz CT molecular complexity index is 533. The van der Waals surface area contributed by atoms with Crippen molar-refractivity contribution in [3.8, 4) is 0 Å². The van der Waals surface area contributed by atoms with Crippen molar-refractivity contribution < 1.29 is 28.3 Å². The topological polar surface area (TPSA) is 109 Å². The molecule has 0 aromatic heterocycles. The highest BCUT2D eigenvalue weighted by molar-refractivity contribution is 5.97. The van der Waals surface area contributed by atoms with Gasteiger partial charge >= 0.3 is 5.97 Å². The number of nitrogens with two attached hydrogens (primary N) is 1. The molecule has 0 aliphatic heterocycles. The van der Waals surface area contributed by atoms with E-state index in [1.807, 2.05) is 5.32 Å². The Morgan fingerprint density at radius 2 is 1.89 bits per heavy atom. The van der Waals surface area contributed by atoms with Crippen molar-refractivity contribution in [2.75, 3.05) is 0 Å². The van der Waals surface area contributed by atoms with Crippen LogP contribution in [0.3, 0.4) is 0 Å². The third-order valence-corrected chi connectivity index (χ3v) is 2.19. The van der Waals surface area contributed by atoms with Gasteiger partial charge < -0.3 is 16.2 Å². The van der Waals surface area contributed by atoms with E-state index in [0.717, 1.165) is 12.1 Å². The summed E-state index contributed by atoms with van der Waals surface area (Å²) >= 11 is 0. The molecule has 0 spiro atoms. The van der Waals surface area contributed by atoms with Crippen molar-refractivity contribution in [3.05, 3.63) is 35.4 Å². The molecule has 4 N–H and O–H groups in total. The third kappa shape index (κ3) is 4.02. The highest BCUT2D eigenvalue weighted by Gasteiger charge is 2.23. The summed E-state index contributed by atoms with van der Waals surface area (Å²) in [6, 6.07) is 0.803. The lowest BCUT2D eigenvalue weighted by Crippen LogP contribution is -2.43. The molecule has 8 heteroatoms. The second kappa shape index (κ2) is 5.89. The number of nitrogens with one attached hydrogen (secondary N) is 1. The Balaban J connectivity index is 2.84. The van der Waals surface area contributed by atoms with E-state index >= 15 is 0 Å². The number of hydrogen-bond donors (Lipinski definition) is 3. The molecular formula is C11H10F2N2O4. The predicted molar refractivity (Wildman–Crippen MR) is 59.1 cm³/mol. The van der Waals surface area contributed by atoms with E-state index in [9.17, 15) is 23.2 Å². The minimum atomic E-state index is -1.53. The van der Waals surface area contributed by atoms with Crippen LogP contribution in [0.4, 0.5) is 8.78 Å². The second-order valence-electron chi connectivity index (χ2n) is 3.66. The molecule has 0 heterocycles. The van der Waals surface area contributed by atoms with Crippen molar-refractivity contribution in [2.45, 2.75) is 12.5 Å². The molecular weight excluding hydrogens is 262 g/mol. The van der Waals surface area contributed by atoms with E-state index in [2.05, 4.69) is 0 Å². The van der Waals surface area contributed by atoms with Crippen LogP contribution >= 0.6 is 0 Å². The summed E-state index contributed by atoms with van der Waals surface area (Å²) in [6.07, 6.45) is -0.606. The standard InChI is InChI=1S/C11H10F2N2O4/c12-6-2-1-5(3-7(6)13)10(17)15-8(11(18)19)4-9(14)16/h1-3,8H,4H2,(H2,14,16)(H,15,17)(H,18,19)/t8-/m0/s1. The molecule has 1 aromatic carbocycles. The smallest absolute Gasteiger partial charge is 0.326 e. The molecule has 0 aliphatic carbocycles. The van der Waals surface area contributed by atoms with Crippen LogP contribution in [0.1, 0.15) is 16.8 Å². The first-order chi connectivity index (χ1) is 8.81. The van der Waals surface area contributed by atoms with Crippen LogP contribution in [-0.4, -0.2) is 28.9 Å². The number of carbonyl (C=O) groups is 3. The summed E-state index contributed by atoms with van der Waals surface area (Å²) in [5.41, 5.74) is 4.56. The van der Waals surface area contributed by atoms with E-state index in [1.54, 1.807) is 0 Å². The number of benzene rings is 1. The first kappa shape index (κ1) is 14.6. The van der Waals surface area contributed by atoms with E-state index in [4.69, 9.17) is 10.8 Å². The molecule has 0 saturated carbocycles. The molecule has 0 unspecified atom stereocenters. The summed E-state index contributed by atoms with van der Waals surface area (Å²) in [7, 11) is 0. The fourth-order valence-corrected chi connectivity index (χ4v) is 1.28. The maximum atomic E-state index is 12.9. The number of rotatable bonds is 5. The molecule has 2 amide bonds. The molecule has 1 rings (SSSR count). The van der Waals surface area contributed by atoms with Gasteiger partial charge in [0.1, 0.15) is 6.04 Å².